The molecule has 0 aliphatic heterocycles. The van der Waals surface area contributed by atoms with Gasteiger partial charge in [0.25, 0.3) is 0 Å². The zero-order chi connectivity index (χ0) is 36.3. The Morgan fingerprint density at radius 2 is 0.922 bits per heavy atom. The fourth-order valence-electron chi connectivity index (χ4n) is 4.21. The van der Waals surface area contributed by atoms with E-state index >= 15 is 0 Å². The first-order valence-corrected chi connectivity index (χ1v) is 18.3. The Hall–Kier alpha value is -5.43. The Bertz CT molecular complexity index is 1770. The van der Waals surface area contributed by atoms with Crippen LogP contribution < -0.4 is 0 Å². The molecule has 0 spiro atoms. The van der Waals surface area contributed by atoms with Crippen LogP contribution in [0.25, 0.3) is 0 Å². The highest BCUT2D eigenvalue weighted by Gasteiger charge is 2.12. The van der Waals surface area contributed by atoms with Gasteiger partial charge in [-0.2, -0.15) is 0 Å². The van der Waals surface area contributed by atoms with Gasteiger partial charge in [0, 0.05) is 62.9 Å². The Morgan fingerprint density at radius 3 is 1.43 bits per heavy atom. The molecule has 51 heavy (non-hydrogen) atoms. The van der Waals surface area contributed by atoms with Gasteiger partial charge in [-0.25, -0.2) is 19.4 Å². The molecule has 0 bridgehead atoms. The van der Waals surface area contributed by atoms with Gasteiger partial charge in [-0.15, -0.1) is 35.3 Å². The maximum atomic E-state index is 11.0. The van der Waals surface area contributed by atoms with E-state index in [2.05, 4.69) is 15.0 Å². The van der Waals surface area contributed by atoms with Crippen molar-refractivity contribution in [2.75, 3.05) is 0 Å². The smallest absolute Gasteiger partial charge is 0.355 e. The van der Waals surface area contributed by atoms with Gasteiger partial charge in [0.05, 0.1) is 11.1 Å². The summed E-state index contributed by atoms with van der Waals surface area (Å²) < 4.78 is 0. The van der Waals surface area contributed by atoms with E-state index in [0.29, 0.717) is 15.4 Å². The van der Waals surface area contributed by atoms with E-state index in [1.54, 1.807) is 30.6 Å². The minimum Gasteiger partial charge on any atom is -0.478 e. The lowest BCUT2D eigenvalue weighted by Gasteiger charge is -2.04. The number of thioether (sulfide) groups is 3. The first kappa shape index (κ1) is 38.4. The van der Waals surface area contributed by atoms with Crippen LogP contribution in [-0.4, -0.2) is 48.2 Å². The highest BCUT2D eigenvalue weighted by Crippen LogP contribution is 2.27. The maximum Gasteiger partial charge on any atom is 0.355 e. The van der Waals surface area contributed by atoms with Gasteiger partial charge in [-0.1, -0.05) is 91.0 Å². The number of pyridine rings is 3. The van der Waals surface area contributed by atoms with E-state index < -0.39 is 17.9 Å². The zero-order valence-corrected chi connectivity index (χ0v) is 29.6. The van der Waals surface area contributed by atoms with Crippen molar-refractivity contribution in [2.45, 2.75) is 31.9 Å². The molecule has 0 saturated heterocycles. The first-order valence-electron chi connectivity index (χ1n) is 15.3. The molecule has 0 unspecified atom stereocenters. The van der Waals surface area contributed by atoms with Crippen LogP contribution in [0.3, 0.4) is 0 Å². The molecule has 0 radical (unpaired) electrons. The van der Waals surface area contributed by atoms with Gasteiger partial charge in [0.15, 0.2) is 5.69 Å². The van der Waals surface area contributed by atoms with Gasteiger partial charge in [-0.3, -0.25) is 9.97 Å². The van der Waals surface area contributed by atoms with Crippen LogP contribution in [0.1, 0.15) is 47.9 Å². The number of nitrogens with zero attached hydrogens (tertiary/aromatic N) is 3. The monoisotopic (exact) mass is 735 g/mol. The number of carbonyl (C=O) groups is 3. The molecule has 0 aliphatic carbocycles. The standard InChI is InChI=1S/3C13H11NO2S/c15-13(16)12-11(7-4-8-14-12)17-9-10-5-2-1-3-6-10;15-13(16)11-8-14-7-6-12(11)17-9-10-4-2-1-3-5-10;15-13(16)11-6-7-14-8-12(11)17-9-10-4-2-1-3-5-10/h3*1-8H,9H2,(H,15,16). The van der Waals surface area contributed by atoms with Crippen LogP contribution in [0.15, 0.2) is 161 Å². The molecule has 9 nitrogen and oxygen atoms in total. The van der Waals surface area contributed by atoms with Gasteiger partial charge in [0.2, 0.25) is 0 Å². The van der Waals surface area contributed by atoms with Crippen molar-refractivity contribution in [3.05, 3.63) is 180 Å². The molecule has 3 aromatic carbocycles. The second-order valence-corrected chi connectivity index (χ2v) is 13.4. The fraction of sp³-hybridized carbons (Fsp3) is 0.0769. The Labute approximate surface area is 308 Å². The first-order chi connectivity index (χ1) is 24.8. The van der Waals surface area contributed by atoms with Crippen LogP contribution in [0, 0.1) is 0 Å². The highest BCUT2D eigenvalue weighted by atomic mass is 32.2. The lowest BCUT2D eigenvalue weighted by Crippen LogP contribution is -2.01. The number of carboxylic acid groups (broad SMARTS) is 3. The van der Waals surface area contributed by atoms with E-state index in [4.69, 9.17) is 15.3 Å². The molecule has 3 heterocycles. The second-order valence-electron chi connectivity index (χ2n) is 10.3. The minimum absolute atomic E-state index is 0.119. The van der Waals surface area contributed by atoms with Crippen molar-refractivity contribution in [1.82, 2.24) is 15.0 Å². The molecule has 6 aromatic rings. The molecule has 3 aromatic heterocycles. The summed E-state index contributed by atoms with van der Waals surface area (Å²) in [5, 5.41) is 27.0. The predicted octanol–water partition coefficient (Wildman–Crippen LogP) is 9.22. The summed E-state index contributed by atoms with van der Waals surface area (Å²) in [6.45, 7) is 0. The van der Waals surface area contributed by atoms with Crippen molar-refractivity contribution < 1.29 is 29.7 Å². The van der Waals surface area contributed by atoms with Crippen molar-refractivity contribution in [3.63, 3.8) is 0 Å². The topological polar surface area (TPSA) is 151 Å². The van der Waals surface area contributed by atoms with Crippen LogP contribution in [0.4, 0.5) is 0 Å². The number of aromatic nitrogens is 3. The molecular weight excluding hydrogens is 703 g/mol. The summed E-state index contributed by atoms with van der Waals surface area (Å²) in [4.78, 5) is 46.7. The summed E-state index contributed by atoms with van der Waals surface area (Å²) in [5.41, 5.74) is 4.18. The largest absolute Gasteiger partial charge is 0.478 e. The van der Waals surface area contributed by atoms with E-state index in [0.717, 1.165) is 33.3 Å². The quantitative estimate of drug-likeness (QED) is 0.103. The number of hydrogen-bond acceptors (Lipinski definition) is 9. The lowest BCUT2D eigenvalue weighted by molar-refractivity contribution is 0.0677. The predicted molar refractivity (Wildman–Crippen MR) is 202 cm³/mol. The summed E-state index contributed by atoms with van der Waals surface area (Å²) in [5.74, 6) is -0.595. The third-order valence-corrected chi connectivity index (χ3v) is 10.1. The average Bonchev–Trinajstić information content (AvgIpc) is 3.17. The molecule has 3 N–H and O–H groups in total. The van der Waals surface area contributed by atoms with Gasteiger partial charge in [0.1, 0.15) is 0 Å². The zero-order valence-electron chi connectivity index (χ0n) is 27.1. The van der Waals surface area contributed by atoms with Crippen molar-refractivity contribution >= 4 is 53.2 Å². The van der Waals surface area contributed by atoms with Crippen LogP contribution >= 0.6 is 35.3 Å². The number of carboxylic acids is 3. The van der Waals surface area contributed by atoms with Crippen molar-refractivity contribution in [1.29, 1.82) is 0 Å². The van der Waals surface area contributed by atoms with Crippen LogP contribution in [-0.2, 0) is 17.3 Å². The Morgan fingerprint density at radius 1 is 0.451 bits per heavy atom. The van der Waals surface area contributed by atoms with E-state index in [1.165, 1.54) is 65.5 Å². The fourth-order valence-corrected chi connectivity index (χ4v) is 7.11. The van der Waals surface area contributed by atoms with Crippen molar-refractivity contribution in [3.8, 4) is 0 Å². The second kappa shape index (κ2) is 20.9. The summed E-state index contributed by atoms with van der Waals surface area (Å²) in [6, 6.07) is 36.6. The molecule has 0 amide bonds. The molecule has 6 rings (SSSR count). The van der Waals surface area contributed by atoms with E-state index in [1.807, 2.05) is 91.0 Å². The number of rotatable bonds is 12. The normalized spacial score (nSPS) is 10.1. The molecular formula is C39H33N3O6S3. The molecule has 0 saturated carbocycles. The third-order valence-electron chi connectivity index (χ3n) is 6.71. The maximum absolute atomic E-state index is 11.0. The van der Waals surface area contributed by atoms with E-state index in [9.17, 15) is 14.4 Å². The molecule has 258 valence electrons. The van der Waals surface area contributed by atoms with Gasteiger partial charge >= 0.3 is 17.9 Å². The number of aromatic carboxylic acids is 3. The Kier molecular flexibility index (Phi) is 15.8. The van der Waals surface area contributed by atoms with Crippen LogP contribution in [0.5, 0.6) is 0 Å². The molecule has 0 fully saturated rings. The van der Waals surface area contributed by atoms with Crippen LogP contribution in [0.2, 0.25) is 0 Å². The number of benzene rings is 3. The molecule has 12 heteroatoms. The summed E-state index contributed by atoms with van der Waals surface area (Å²) >= 11 is 4.48. The van der Waals surface area contributed by atoms with Crippen molar-refractivity contribution in [2.24, 2.45) is 0 Å². The minimum atomic E-state index is -0.985. The van der Waals surface area contributed by atoms with Gasteiger partial charge in [-0.05, 0) is 41.0 Å². The summed E-state index contributed by atoms with van der Waals surface area (Å²) in [6.07, 6.45) is 7.58. The van der Waals surface area contributed by atoms with Gasteiger partial charge < -0.3 is 15.3 Å². The Balaban J connectivity index is 0.000000172. The summed E-state index contributed by atoms with van der Waals surface area (Å²) in [7, 11) is 0. The average molecular weight is 736 g/mol. The highest BCUT2D eigenvalue weighted by molar-refractivity contribution is 7.99. The lowest BCUT2D eigenvalue weighted by atomic mass is 10.2. The third kappa shape index (κ3) is 13.1. The molecule has 0 aliphatic rings. The van der Waals surface area contributed by atoms with E-state index in [-0.39, 0.29) is 11.3 Å². The molecule has 0 atom stereocenters. The number of hydrogen-bond donors (Lipinski definition) is 3. The SMILES string of the molecule is O=C(O)c1ccncc1SCc1ccccc1.O=C(O)c1cnccc1SCc1ccccc1.O=C(O)c1ncccc1SCc1ccccc1.